The average molecular weight is 427 g/mol. The number of aromatic hydroxyl groups is 2. The van der Waals surface area contributed by atoms with Gasteiger partial charge in [0.25, 0.3) is 0 Å². The van der Waals surface area contributed by atoms with Crippen LogP contribution in [0.3, 0.4) is 0 Å². The fraction of sp³-hybridized carbons (Fsp3) is 0.172. The molecule has 32 heavy (non-hydrogen) atoms. The maximum atomic E-state index is 10.0. The number of phenols is 2. The lowest BCUT2D eigenvalue weighted by atomic mass is 9.82. The maximum Gasteiger partial charge on any atom is 0.131 e. The summed E-state index contributed by atoms with van der Waals surface area (Å²) in [4.78, 5) is 0. The molecular formula is C29H30O3. The lowest BCUT2D eigenvalue weighted by molar-refractivity contribution is 0.436. The molecule has 1 aliphatic heterocycles. The van der Waals surface area contributed by atoms with E-state index in [1.54, 1.807) is 36.4 Å². The van der Waals surface area contributed by atoms with Crippen LogP contribution < -0.4 is 4.74 Å². The number of fused-ring (bicyclic) bond motifs is 2. The summed E-state index contributed by atoms with van der Waals surface area (Å²) in [7, 11) is 0. The van der Waals surface area contributed by atoms with Crippen molar-refractivity contribution in [2.24, 2.45) is 0 Å². The molecule has 0 atom stereocenters. The molecule has 2 N–H and O–H groups in total. The summed E-state index contributed by atoms with van der Waals surface area (Å²) in [5.41, 5.74) is 5.14. The molecular weight excluding hydrogens is 396 g/mol. The van der Waals surface area contributed by atoms with E-state index < -0.39 is 0 Å². The van der Waals surface area contributed by atoms with E-state index in [4.69, 9.17) is 4.74 Å². The molecule has 4 aromatic rings. The second-order valence-corrected chi connectivity index (χ2v) is 6.97. The van der Waals surface area contributed by atoms with E-state index in [2.05, 4.69) is 36.4 Å². The van der Waals surface area contributed by atoms with E-state index in [1.807, 2.05) is 45.9 Å². The van der Waals surface area contributed by atoms with Gasteiger partial charge in [-0.2, -0.15) is 0 Å². The fourth-order valence-electron chi connectivity index (χ4n) is 3.85. The van der Waals surface area contributed by atoms with Crippen LogP contribution in [0.2, 0.25) is 0 Å². The van der Waals surface area contributed by atoms with Crippen molar-refractivity contribution in [3.63, 3.8) is 0 Å². The highest BCUT2D eigenvalue weighted by Crippen LogP contribution is 2.49. The summed E-state index contributed by atoms with van der Waals surface area (Å²) < 4.78 is 6.01. The van der Waals surface area contributed by atoms with E-state index in [0.29, 0.717) is 11.5 Å². The molecule has 0 saturated carbocycles. The normalized spacial score (nSPS) is 11.5. The SMILES string of the molecule is CC.CC.Oc1ccc2c(c1)C(c1ccc(-c3ccccc3)cc1)c1cc(O)ccc1O2. The molecule has 3 nitrogen and oxygen atoms in total. The first-order valence-corrected chi connectivity index (χ1v) is 11.2. The Morgan fingerprint density at radius 3 is 1.53 bits per heavy atom. The minimum Gasteiger partial charge on any atom is -0.508 e. The highest BCUT2D eigenvalue weighted by molar-refractivity contribution is 5.66. The Kier molecular flexibility index (Phi) is 7.56. The van der Waals surface area contributed by atoms with Crippen molar-refractivity contribution in [3.8, 4) is 34.1 Å². The first-order valence-electron chi connectivity index (χ1n) is 11.2. The quantitative estimate of drug-likeness (QED) is 0.300. The average Bonchev–Trinajstić information content (AvgIpc) is 2.86. The van der Waals surface area contributed by atoms with E-state index in [0.717, 1.165) is 27.8 Å². The van der Waals surface area contributed by atoms with Crippen LogP contribution in [-0.2, 0) is 0 Å². The molecule has 5 rings (SSSR count). The minimum absolute atomic E-state index is 0.136. The van der Waals surface area contributed by atoms with Gasteiger partial charge in [-0.05, 0) is 53.1 Å². The smallest absolute Gasteiger partial charge is 0.131 e. The van der Waals surface area contributed by atoms with Crippen LogP contribution in [-0.4, -0.2) is 10.2 Å². The van der Waals surface area contributed by atoms with Crippen molar-refractivity contribution in [1.82, 2.24) is 0 Å². The third-order valence-electron chi connectivity index (χ3n) is 5.18. The number of hydrogen-bond donors (Lipinski definition) is 2. The molecule has 1 heterocycles. The first-order chi connectivity index (χ1) is 15.7. The van der Waals surface area contributed by atoms with Gasteiger partial charge in [-0.15, -0.1) is 0 Å². The van der Waals surface area contributed by atoms with Crippen molar-refractivity contribution >= 4 is 0 Å². The standard InChI is InChI=1S/C25H18O3.2C2H6/c26-19-10-12-23-21(14-19)25(22-15-20(27)11-13-24(22)28-23)18-8-6-17(7-9-18)16-4-2-1-3-5-16;2*1-2/h1-15,25-27H;2*1-2H3. The molecule has 0 saturated heterocycles. The summed E-state index contributed by atoms with van der Waals surface area (Å²) in [5, 5.41) is 20.1. The predicted molar refractivity (Wildman–Crippen MR) is 132 cm³/mol. The third kappa shape index (κ3) is 4.62. The van der Waals surface area contributed by atoms with Gasteiger partial charge in [0.1, 0.15) is 23.0 Å². The summed E-state index contributed by atoms with van der Waals surface area (Å²) >= 11 is 0. The topological polar surface area (TPSA) is 49.7 Å². The zero-order valence-corrected chi connectivity index (χ0v) is 19.0. The molecule has 0 radical (unpaired) electrons. The Balaban J connectivity index is 0.000000686. The van der Waals surface area contributed by atoms with Gasteiger partial charge in [0.15, 0.2) is 0 Å². The van der Waals surface area contributed by atoms with Gasteiger partial charge in [-0.25, -0.2) is 0 Å². The summed E-state index contributed by atoms with van der Waals surface area (Å²) in [6, 6.07) is 28.9. The molecule has 164 valence electrons. The van der Waals surface area contributed by atoms with E-state index in [1.165, 1.54) is 0 Å². The van der Waals surface area contributed by atoms with Crippen LogP contribution in [0.1, 0.15) is 50.3 Å². The number of benzene rings is 4. The number of ether oxygens (including phenoxy) is 1. The van der Waals surface area contributed by atoms with E-state index >= 15 is 0 Å². The van der Waals surface area contributed by atoms with Crippen molar-refractivity contribution in [1.29, 1.82) is 0 Å². The van der Waals surface area contributed by atoms with Gasteiger partial charge in [0.2, 0.25) is 0 Å². The molecule has 0 unspecified atom stereocenters. The molecule has 0 fully saturated rings. The highest BCUT2D eigenvalue weighted by atomic mass is 16.5. The van der Waals surface area contributed by atoms with Gasteiger partial charge >= 0.3 is 0 Å². The highest BCUT2D eigenvalue weighted by Gasteiger charge is 2.29. The van der Waals surface area contributed by atoms with Gasteiger partial charge in [-0.3, -0.25) is 0 Å². The van der Waals surface area contributed by atoms with Crippen LogP contribution in [0.25, 0.3) is 11.1 Å². The Morgan fingerprint density at radius 1 is 0.562 bits per heavy atom. The van der Waals surface area contributed by atoms with E-state index in [9.17, 15) is 10.2 Å². The fourth-order valence-corrected chi connectivity index (χ4v) is 3.85. The lowest BCUT2D eigenvalue weighted by Crippen LogP contribution is -2.11. The van der Waals surface area contributed by atoms with Crippen molar-refractivity contribution in [3.05, 3.63) is 108 Å². The summed E-state index contributed by atoms with van der Waals surface area (Å²) in [5.74, 6) is 1.68. The molecule has 0 aliphatic carbocycles. The van der Waals surface area contributed by atoms with Crippen LogP contribution in [0, 0.1) is 0 Å². The predicted octanol–water partition coefficient (Wildman–Crippen LogP) is 8.10. The largest absolute Gasteiger partial charge is 0.508 e. The van der Waals surface area contributed by atoms with Gasteiger partial charge in [-0.1, -0.05) is 82.3 Å². The Morgan fingerprint density at radius 2 is 1.03 bits per heavy atom. The molecule has 0 spiro atoms. The second-order valence-electron chi connectivity index (χ2n) is 6.97. The maximum absolute atomic E-state index is 10.0. The third-order valence-corrected chi connectivity index (χ3v) is 5.18. The Labute approximate surface area is 190 Å². The van der Waals surface area contributed by atoms with Crippen LogP contribution >= 0.6 is 0 Å². The number of phenolic OH excluding ortho intramolecular Hbond substituents is 2. The molecule has 3 heteroatoms. The van der Waals surface area contributed by atoms with Gasteiger partial charge in [0.05, 0.1) is 0 Å². The zero-order chi connectivity index (χ0) is 23.1. The van der Waals surface area contributed by atoms with Crippen molar-refractivity contribution in [2.45, 2.75) is 33.6 Å². The number of rotatable bonds is 2. The molecule has 4 aromatic carbocycles. The molecule has 0 amide bonds. The van der Waals surface area contributed by atoms with E-state index in [-0.39, 0.29) is 17.4 Å². The van der Waals surface area contributed by atoms with Crippen LogP contribution in [0.4, 0.5) is 0 Å². The minimum atomic E-state index is -0.136. The Hall–Kier alpha value is -3.72. The summed E-state index contributed by atoms with van der Waals surface area (Å²) in [6.45, 7) is 8.00. The molecule has 0 bridgehead atoms. The Bertz CT molecular complexity index is 1100. The lowest BCUT2D eigenvalue weighted by Gasteiger charge is -2.29. The molecule has 1 aliphatic rings. The van der Waals surface area contributed by atoms with Crippen molar-refractivity contribution < 1.29 is 14.9 Å². The summed E-state index contributed by atoms with van der Waals surface area (Å²) in [6.07, 6.45) is 0. The zero-order valence-electron chi connectivity index (χ0n) is 19.0. The monoisotopic (exact) mass is 426 g/mol. The van der Waals surface area contributed by atoms with Gasteiger partial charge < -0.3 is 14.9 Å². The van der Waals surface area contributed by atoms with Crippen LogP contribution in [0.15, 0.2) is 91.0 Å². The first kappa shape index (κ1) is 23.0. The van der Waals surface area contributed by atoms with Crippen molar-refractivity contribution in [2.75, 3.05) is 0 Å². The number of hydrogen-bond acceptors (Lipinski definition) is 3. The molecule has 0 aromatic heterocycles. The van der Waals surface area contributed by atoms with Gasteiger partial charge in [0, 0.05) is 17.0 Å². The van der Waals surface area contributed by atoms with Crippen LogP contribution in [0.5, 0.6) is 23.0 Å². The second kappa shape index (κ2) is 10.5.